The van der Waals surface area contributed by atoms with E-state index in [9.17, 15) is 0 Å². The Morgan fingerprint density at radius 3 is 2.44 bits per heavy atom. The average Bonchev–Trinajstić information content (AvgIpc) is 3.34. The molecule has 0 amide bonds. The number of rotatable bonds is 4. The quantitative estimate of drug-likeness (QED) is 0.307. The van der Waals surface area contributed by atoms with E-state index in [0.29, 0.717) is 0 Å². The van der Waals surface area contributed by atoms with Crippen molar-refractivity contribution in [3.63, 3.8) is 0 Å². The van der Waals surface area contributed by atoms with Gasteiger partial charge in [0.1, 0.15) is 0 Å². The molecule has 0 saturated heterocycles. The maximum Gasteiger partial charge on any atom is 0.163 e. The lowest BCUT2D eigenvalue weighted by atomic mass is 9.70. The third kappa shape index (κ3) is 3.41. The van der Waals surface area contributed by atoms with E-state index in [1.54, 1.807) is 0 Å². The number of fused-ring (bicyclic) bond motifs is 2. The number of nitrogens with zero attached hydrogens (tertiary/aromatic N) is 3. The lowest BCUT2D eigenvalue weighted by molar-refractivity contribution is 0.302. The molecule has 4 nitrogen and oxygen atoms in total. The highest BCUT2D eigenvalue weighted by Crippen LogP contribution is 2.41. The molecule has 1 fully saturated rings. The Kier molecular flexibility index (Phi) is 4.90. The van der Waals surface area contributed by atoms with Gasteiger partial charge in [-0.05, 0) is 53.2 Å². The Morgan fingerprint density at radius 2 is 1.67 bits per heavy atom. The van der Waals surface area contributed by atoms with Crippen LogP contribution in [0.25, 0.3) is 38.7 Å². The second-order valence-electron chi connectivity index (χ2n) is 10.1. The first-order valence-corrected chi connectivity index (χ1v) is 12.8. The number of allylic oxidation sites excluding steroid dienone is 2. The summed E-state index contributed by atoms with van der Waals surface area (Å²) in [5, 5.41) is 7.17. The summed E-state index contributed by atoms with van der Waals surface area (Å²) >= 11 is 0. The molecule has 176 valence electrons. The molecule has 0 bridgehead atoms. The second-order valence-corrected chi connectivity index (χ2v) is 10.1. The lowest BCUT2D eigenvalue weighted by Gasteiger charge is -2.40. The summed E-state index contributed by atoms with van der Waals surface area (Å²) in [5.74, 6) is 0.188. The van der Waals surface area contributed by atoms with Gasteiger partial charge in [0, 0.05) is 28.8 Å². The maximum absolute atomic E-state index is 6.63. The monoisotopic (exact) mass is 468 g/mol. The first kappa shape index (κ1) is 21.3. The minimum Gasteiger partial charge on any atom is -0.321 e. The molecule has 1 atom stereocenters. The van der Waals surface area contributed by atoms with Crippen molar-refractivity contribution in [2.45, 2.75) is 37.1 Å². The van der Waals surface area contributed by atoms with E-state index in [-0.39, 0.29) is 11.5 Å². The molecule has 2 aromatic heterocycles. The van der Waals surface area contributed by atoms with Crippen molar-refractivity contribution in [2.75, 3.05) is 0 Å². The molecule has 5 aromatic rings. The van der Waals surface area contributed by atoms with Gasteiger partial charge in [-0.2, -0.15) is 5.10 Å². The molecule has 36 heavy (non-hydrogen) atoms. The van der Waals surface area contributed by atoms with Crippen LogP contribution in [0.1, 0.15) is 37.3 Å². The Balaban J connectivity index is 1.38. The molecule has 7 rings (SSSR count). The zero-order chi connectivity index (χ0) is 24.1. The van der Waals surface area contributed by atoms with Gasteiger partial charge >= 0.3 is 0 Å². The van der Waals surface area contributed by atoms with Gasteiger partial charge in [0.25, 0.3) is 0 Å². The van der Waals surface area contributed by atoms with Crippen LogP contribution in [0.3, 0.4) is 0 Å². The fraction of sp³-hybridized carbons (Fsp3) is 0.188. The molecule has 2 aliphatic carbocycles. The zero-order valence-corrected chi connectivity index (χ0v) is 20.1. The smallest absolute Gasteiger partial charge is 0.163 e. The predicted molar refractivity (Wildman–Crippen MR) is 147 cm³/mol. The topological polar surface area (TPSA) is 56.2 Å². The summed E-state index contributed by atoms with van der Waals surface area (Å²) in [6, 6.07) is 25.4. The van der Waals surface area contributed by atoms with Crippen LogP contribution >= 0.6 is 0 Å². The van der Waals surface area contributed by atoms with Crippen LogP contribution in [-0.4, -0.2) is 20.1 Å². The number of hydrogen-bond donors (Lipinski definition) is 1. The van der Waals surface area contributed by atoms with Crippen LogP contribution in [0, 0.1) is 0 Å². The molecule has 1 unspecified atom stereocenters. The van der Waals surface area contributed by atoms with E-state index in [2.05, 4.69) is 97.2 Å². The van der Waals surface area contributed by atoms with Gasteiger partial charge in [0.2, 0.25) is 0 Å². The van der Waals surface area contributed by atoms with Gasteiger partial charge in [0.15, 0.2) is 5.65 Å². The van der Waals surface area contributed by atoms with Crippen LogP contribution in [0.15, 0.2) is 109 Å². The zero-order valence-electron chi connectivity index (χ0n) is 20.1. The highest BCUT2D eigenvalue weighted by Gasteiger charge is 2.36. The largest absolute Gasteiger partial charge is 0.321 e. The molecule has 0 aliphatic heterocycles. The summed E-state index contributed by atoms with van der Waals surface area (Å²) < 4.78 is 1.93. The number of nitrogens with two attached hydrogens (primary N) is 1. The van der Waals surface area contributed by atoms with Gasteiger partial charge in [-0.1, -0.05) is 91.0 Å². The van der Waals surface area contributed by atoms with Crippen molar-refractivity contribution >= 4 is 16.4 Å². The molecule has 0 radical (unpaired) electrons. The van der Waals surface area contributed by atoms with Crippen molar-refractivity contribution < 1.29 is 0 Å². The standard InChI is InChI=1S/C32H28N4/c33-32(18-7-19-32)25-16-14-24(15-17-25)30-29(23-8-2-1-3-9-23)21-36-31(35-30)28(20-34-36)27-13-6-11-22-10-4-5-12-26(22)27/h1-6,8-14,16-17,20-21,24H,7,15,18-19,33H2. The highest BCUT2D eigenvalue weighted by molar-refractivity contribution is 5.99. The minimum absolute atomic E-state index is 0.131. The van der Waals surface area contributed by atoms with E-state index < -0.39 is 0 Å². The van der Waals surface area contributed by atoms with Crippen LogP contribution in [0.5, 0.6) is 0 Å². The van der Waals surface area contributed by atoms with Gasteiger partial charge in [0.05, 0.1) is 11.9 Å². The molecular formula is C32H28N4. The summed E-state index contributed by atoms with van der Waals surface area (Å²) in [6.07, 6.45) is 15.3. The third-order valence-electron chi connectivity index (χ3n) is 7.96. The van der Waals surface area contributed by atoms with Gasteiger partial charge in [-0.25, -0.2) is 9.50 Å². The Labute approximate surface area is 210 Å². The van der Waals surface area contributed by atoms with Gasteiger partial charge in [-0.15, -0.1) is 0 Å². The maximum atomic E-state index is 6.63. The summed E-state index contributed by atoms with van der Waals surface area (Å²) in [4.78, 5) is 5.33. The number of aromatic nitrogens is 3. The van der Waals surface area contributed by atoms with E-state index in [0.717, 1.165) is 52.9 Å². The van der Waals surface area contributed by atoms with Gasteiger partial charge < -0.3 is 5.73 Å². The first-order valence-electron chi connectivity index (χ1n) is 12.8. The van der Waals surface area contributed by atoms with E-state index in [1.807, 2.05) is 10.7 Å². The fourth-order valence-corrected chi connectivity index (χ4v) is 5.74. The SMILES string of the molecule is NC1(C2=CCC(c3nc4c(-c5cccc6ccccc56)cnn4cc3-c3ccccc3)C=C2)CCC1. The van der Waals surface area contributed by atoms with Crippen LogP contribution in [0.2, 0.25) is 0 Å². The van der Waals surface area contributed by atoms with Crippen molar-refractivity contribution in [2.24, 2.45) is 5.73 Å². The van der Waals surface area contributed by atoms with E-state index >= 15 is 0 Å². The fourth-order valence-electron chi connectivity index (χ4n) is 5.74. The molecule has 1 saturated carbocycles. The molecule has 2 N–H and O–H groups in total. The van der Waals surface area contributed by atoms with E-state index in [1.165, 1.54) is 22.8 Å². The first-order chi connectivity index (χ1) is 17.7. The summed E-state index contributed by atoms with van der Waals surface area (Å²) in [7, 11) is 0. The Morgan fingerprint density at radius 1 is 0.861 bits per heavy atom. The highest BCUT2D eigenvalue weighted by atomic mass is 15.2. The van der Waals surface area contributed by atoms with Crippen LogP contribution < -0.4 is 5.73 Å². The average molecular weight is 469 g/mol. The Hall–Kier alpha value is -4.02. The summed E-state index contributed by atoms with van der Waals surface area (Å²) in [6.45, 7) is 0. The van der Waals surface area contributed by atoms with Crippen LogP contribution in [-0.2, 0) is 0 Å². The van der Waals surface area contributed by atoms with Crippen LogP contribution in [0.4, 0.5) is 0 Å². The second kappa shape index (κ2) is 8.28. The number of hydrogen-bond acceptors (Lipinski definition) is 3. The normalized spacial score (nSPS) is 18.8. The number of benzene rings is 3. The Bertz CT molecular complexity index is 1650. The van der Waals surface area contributed by atoms with Gasteiger partial charge in [-0.3, -0.25) is 0 Å². The molecule has 4 heteroatoms. The molecule has 3 aromatic carbocycles. The summed E-state index contributed by atoms with van der Waals surface area (Å²) in [5.41, 5.74) is 14.2. The van der Waals surface area contributed by atoms with Crippen molar-refractivity contribution in [3.8, 4) is 22.3 Å². The van der Waals surface area contributed by atoms with Crippen molar-refractivity contribution in [3.05, 3.63) is 115 Å². The minimum atomic E-state index is -0.131. The lowest BCUT2D eigenvalue weighted by Crippen LogP contribution is -2.48. The molecular weight excluding hydrogens is 440 g/mol. The van der Waals surface area contributed by atoms with Crippen molar-refractivity contribution in [1.82, 2.24) is 14.6 Å². The molecule has 0 spiro atoms. The van der Waals surface area contributed by atoms with E-state index in [4.69, 9.17) is 15.8 Å². The predicted octanol–water partition coefficient (Wildman–Crippen LogP) is 7.07. The molecule has 2 aliphatic rings. The van der Waals surface area contributed by atoms with Crippen molar-refractivity contribution in [1.29, 1.82) is 0 Å². The molecule has 2 heterocycles. The third-order valence-corrected chi connectivity index (χ3v) is 7.96.